The fourth-order valence-corrected chi connectivity index (χ4v) is 1.39. The Kier molecular flexibility index (Phi) is 5.94. The zero-order valence-corrected chi connectivity index (χ0v) is 10.6. The molecule has 1 N–H and O–H groups in total. The average Bonchev–Trinajstić information content (AvgIpc) is 2.66. The van der Waals surface area contributed by atoms with Crippen molar-refractivity contribution in [3.8, 4) is 0 Å². The van der Waals surface area contributed by atoms with Crippen LogP contribution >= 0.6 is 0 Å². The normalized spacial score (nSPS) is 14.7. The van der Waals surface area contributed by atoms with Gasteiger partial charge in [0.2, 0.25) is 5.91 Å². The summed E-state index contributed by atoms with van der Waals surface area (Å²) < 4.78 is 5.00. The standard InChI is InChI=1S/C11H16N2O6/c1-2-18-6-5-12-8(14)7-11(17)19-13-9(15)3-4-10(13)16/h2-7H2,1H3,(H,12,14). The minimum Gasteiger partial charge on any atom is -0.380 e. The van der Waals surface area contributed by atoms with Crippen LogP contribution in [0.3, 0.4) is 0 Å². The van der Waals surface area contributed by atoms with Gasteiger partial charge in [0.05, 0.1) is 6.61 Å². The maximum atomic E-state index is 11.3. The third-order valence-electron chi connectivity index (χ3n) is 2.28. The van der Waals surface area contributed by atoms with Gasteiger partial charge in [0.25, 0.3) is 11.8 Å². The largest absolute Gasteiger partial charge is 0.380 e. The molecule has 0 aromatic rings. The average molecular weight is 272 g/mol. The van der Waals surface area contributed by atoms with Crippen molar-refractivity contribution in [1.82, 2.24) is 10.4 Å². The molecule has 1 aliphatic rings. The molecule has 0 bridgehead atoms. The zero-order chi connectivity index (χ0) is 14.3. The highest BCUT2D eigenvalue weighted by atomic mass is 16.7. The van der Waals surface area contributed by atoms with Gasteiger partial charge in [-0.05, 0) is 6.92 Å². The Morgan fingerprint density at radius 2 is 1.89 bits per heavy atom. The lowest BCUT2D eigenvalue weighted by Crippen LogP contribution is -2.35. The molecule has 1 fully saturated rings. The summed E-state index contributed by atoms with van der Waals surface area (Å²) in [5.74, 6) is -2.65. The number of hydroxylamine groups is 2. The maximum Gasteiger partial charge on any atom is 0.342 e. The third kappa shape index (κ3) is 5.04. The zero-order valence-electron chi connectivity index (χ0n) is 10.6. The number of rotatable bonds is 7. The minimum atomic E-state index is -0.947. The molecule has 0 saturated carbocycles. The van der Waals surface area contributed by atoms with Crippen LogP contribution in [0.1, 0.15) is 26.2 Å². The second-order valence-electron chi connectivity index (χ2n) is 3.77. The molecule has 0 radical (unpaired) electrons. The summed E-state index contributed by atoms with van der Waals surface area (Å²) in [7, 11) is 0. The van der Waals surface area contributed by atoms with E-state index < -0.39 is 30.1 Å². The van der Waals surface area contributed by atoms with Gasteiger partial charge < -0.3 is 14.9 Å². The predicted octanol–water partition coefficient (Wildman–Crippen LogP) is -0.864. The number of ether oxygens (including phenoxy) is 1. The molecule has 1 heterocycles. The van der Waals surface area contributed by atoms with Gasteiger partial charge in [-0.25, -0.2) is 4.79 Å². The number of hydrogen-bond donors (Lipinski definition) is 1. The van der Waals surface area contributed by atoms with Crippen LogP contribution in [-0.4, -0.2) is 48.5 Å². The molecule has 8 nitrogen and oxygen atoms in total. The molecule has 0 unspecified atom stereocenters. The van der Waals surface area contributed by atoms with Crippen molar-refractivity contribution in [2.75, 3.05) is 19.8 Å². The number of imide groups is 1. The predicted molar refractivity (Wildman–Crippen MR) is 61.3 cm³/mol. The van der Waals surface area contributed by atoms with E-state index in [2.05, 4.69) is 10.2 Å². The Morgan fingerprint density at radius 3 is 2.47 bits per heavy atom. The highest BCUT2D eigenvalue weighted by Gasteiger charge is 2.33. The van der Waals surface area contributed by atoms with Gasteiger partial charge in [-0.2, -0.15) is 0 Å². The molecule has 19 heavy (non-hydrogen) atoms. The molecule has 0 atom stereocenters. The van der Waals surface area contributed by atoms with Gasteiger partial charge in [-0.3, -0.25) is 14.4 Å². The van der Waals surface area contributed by atoms with E-state index in [1.54, 1.807) is 0 Å². The Labute approximate surface area is 110 Å². The summed E-state index contributed by atoms with van der Waals surface area (Å²) in [6.07, 6.45) is -0.511. The van der Waals surface area contributed by atoms with Crippen molar-refractivity contribution in [3.63, 3.8) is 0 Å². The first kappa shape index (κ1) is 15.1. The lowest BCUT2D eigenvalue weighted by atomic mass is 10.4. The van der Waals surface area contributed by atoms with Gasteiger partial charge in [-0.15, -0.1) is 5.06 Å². The van der Waals surface area contributed by atoms with Gasteiger partial charge in [-0.1, -0.05) is 0 Å². The molecule has 1 saturated heterocycles. The highest BCUT2D eigenvalue weighted by Crippen LogP contribution is 2.12. The minimum absolute atomic E-state index is 0.0205. The van der Waals surface area contributed by atoms with Gasteiger partial charge in [0, 0.05) is 26.0 Å². The number of nitrogens with zero attached hydrogens (tertiary/aromatic N) is 1. The lowest BCUT2D eigenvalue weighted by Gasteiger charge is -2.12. The van der Waals surface area contributed by atoms with Crippen LogP contribution in [0, 0.1) is 0 Å². The first-order chi connectivity index (χ1) is 9.04. The van der Waals surface area contributed by atoms with Crippen LogP contribution in [0.25, 0.3) is 0 Å². The molecule has 0 aromatic carbocycles. The molecule has 1 aliphatic heterocycles. The van der Waals surface area contributed by atoms with Crippen molar-refractivity contribution < 1.29 is 28.8 Å². The molecule has 1 rings (SSSR count). The molecule has 0 aliphatic carbocycles. The lowest BCUT2D eigenvalue weighted by molar-refractivity contribution is -0.197. The summed E-state index contributed by atoms with van der Waals surface area (Å²) >= 11 is 0. The third-order valence-corrected chi connectivity index (χ3v) is 2.28. The van der Waals surface area contributed by atoms with E-state index in [4.69, 9.17) is 4.74 Å². The molecular weight excluding hydrogens is 256 g/mol. The van der Waals surface area contributed by atoms with Gasteiger partial charge >= 0.3 is 5.97 Å². The Hall–Kier alpha value is -1.96. The summed E-state index contributed by atoms with van der Waals surface area (Å²) in [5.41, 5.74) is 0. The summed E-state index contributed by atoms with van der Waals surface area (Å²) in [4.78, 5) is 49.5. The quantitative estimate of drug-likeness (QED) is 0.367. The van der Waals surface area contributed by atoms with E-state index in [-0.39, 0.29) is 19.4 Å². The molecule has 106 valence electrons. The fraction of sp³-hybridized carbons (Fsp3) is 0.636. The van der Waals surface area contributed by atoms with Crippen LogP contribution in [-0.2, 0) is 28.8 Å². The van der Waals surface area contributed by atoms with Crippen molar-refractivity contribution in [3.05, 3.63) is 0 Å². The summed E-state index contributed by atoms with van der Waals surface area (Å²) in [6, 6.07) is 0. The number of carbonyl (C=O) groups is 4. The summed E-state index contributed by atoms with van der Waals surface area (Å²) in [5, 5.41) is 2.86. The van der Waals surface area contributed by atoms with Crippen LogP contribution in [0.4, 0.5) is 0 Å². The van der Waals surface area contributed by atoms with E-state index in [1.165, 1.54) is 0 Å². The highest BCUT2D eigenvalue weighted by molar-refractivity contribution is 6.02. The SMILES string of the molecule is CCOCCNC(=O)CC(=O)ON1C(=O)CCC1=O. The summed E-state index contributed by atoms with van der Waals surface area (Å²) in [6.45, 7) is 2.99. The van der Waals surface area contributed by atoms with Gasteiger partial charge in [0.15, 0.2) is 0 Å². The second-order valence-corrected chi connectivity index (χ2v) is 3.77. The van der Waals surface area contributed by atoms with E-state index in [9.17, 15) is 19.2 Å². The van der Waals surface area contributed by atoms with E-state index in [0.717, 1.165) is 0 Å². The Balaban J connectivity index is 2.25. The van der Waals surface area contributed by atoms with Crippen molar-refractivity contribution >= 4 is 23.7 Å². The first-order valence-electron chi connectivity index (χ1n) is 5.95. The van der Waals surface area contributed by atoms with Crippen LogP contribution in [0.2, 0.25) is 0 Å². The molecular formula is C11H16N2O6. The van der Waals surface area contributed by atoms with E-state index in [0.29, 0.717) is 18.3 Å². The van der Waals surface area contributed by atoms with E-state index in [1.807, 2.05) is 6.92 Å². The number of hydrogen-bond acceptors (Lipinski definition) is 6. The van der Waals surface area contributed by atoms with Crippen molar-refractivity contribution in [2.24, 2.45) is 0 Å². The van der Waals surface area contributed by atoms with E-state index >= 15 is 0 Å². The molecule has 8 heteroatoms. The first-order valence-corrected chi connectivity index (χ1v) is 5.95. The monoisotopic (exact) mass is 272 g/mol. The van der Waals surface area contributed by atoms with Crippen LogP contribution in [0.5, 0.6) is 0 Å². The Morgan fingerprint density at radius 1 is 1.26 bits per heavy atom. The van der Waals surface area contributed by atoms with Crippen molar-refractivity contribution in [1.29, 1.82) is 0 Å². The van der Waals surface area contributed by atoms with Crippen LogP contribution in [0.15, 0.2) is 0 Å². The maximum absolute atomic E-state index is 11.3. The second kappa shape index (κ2) is 7.47. The molecule has 0 aromatic heterocycles. The topological polar surface area (TPSA) is 102 Å². The fourth-order valence-electron chi connectivity index (χ4n) is 1.39. The molecule has 3 amide bonds. The van der Waals surface area contributed by atoms with Gasteiger partial charge in [0.1, 0.15) is 6.42 Å². The smallest absolute Gasteiger partial charge is 0.342 e. The van der Waals surface area contributed by atoms with Crippen LogP contribution < -0.4 is 5.32 Å². The Bertz CT molecular complexity index is 365. The molecule has 0 spiro atoms. The number of carbonyl (C=O) groups excluding carboxylic acids is 4. The van der Waals surface area contributed by atoms with Crippen molar-refractivity contribution in [2.45, 2.75) is 26.2 Å². The number of nitrogens with one attached hydrogen (secondary N) is 1. The number of amides is 3.